The second-order valence-electron chi connectivity index (χ2n) is 9.13. The normalized spacial score (nSPS) is 18.5. The lowest BCUT2D eigenvalue weighted by molar-refractivity contribution is -0.153. The molecule has 14 heteroatoms. The third-order valence-corrected chi connectivity index (χ3v) is 10.0. The molecule has 0 radical (unpaired) electrons. The highest BCUT2D eigenvalue weighted by molar-refractivity contribution is 8.01. The highest BCUT2D eigenvalue weighted by Crippen LogP contribution is 2.43. The van der Waals surface area contributed by atoms with E-state index in [0.29, 0.717) is 11.5 Å². The van der Waals surface area contributed by atoms with E-state index in [1.54, 1.807) is 6.20 Å². The van der Waals surface area contributed by atoms with Crippen LogP contribution < -0.4 is 5.32 Å². The van der Waals surface area contributed by atoms with Gasteiger partial charge in [-0.15, -0.1) is 40.2 Å². The van der Waals surface area contributed by atoms with Crippen LogP contribution >= 0.6 is 46.7 Å². The zero-order valence-corrected chi connectivity index (χ0v) is 25.5. The minimum Gasteiger partial charge on any atom is -0.448 e. The van der Waals surface area contributed by atoms with Crippen molar-refractivity contribution in [3.63, 3.8) is 0 Å². The highest BCUT2D eigenvalue weighted by atomic mass is 35.5. The van der Waals surface area contributed by atoms with Crippen molar-refractivity contribution in [2.24, 2.45) is 5.16 Å². The highest BCUT2D eigenvalue weighted by Gasteiger charge is 2.54. The average Bonchev–Trinajstić information content (AvgIpc) is 3.56. The maximum absolute atomic E-state index is 14.0. The zero-order chi connectivity index (χ0) is 29.5. The number of carbonyl (C=O) groups is 3. The molecule has 10 nitrogen and oxygen atoms in total. The van der Waals surface area contributed by atoms with Crippen LogP contribution in [0.3, 0.4) is 0 Å². The number of hydrogen-bond donors (Lipinski definition) is 1. The third kappa shape index (κ3) is 6.70. The lowest BCUT2D eigenvalue weighted by Gasteiger charge is -2.50. The van der Waals surface area contributed by atoms with Gasteiger partial charge in [0.25, 0.3) is 0 Å². The van der Waals surface area contributed by atoms with E-state index in [0.717, 1.165) is 20.9 Å². The average molecular weight is 644 g/mol. The number of ether oxygens (including phenoxy) is 1. The largest absolute Gasteiger partial charge is 0.448 e. The number of halogens is 1. The lowest BCUT2D eigenvalue weighted by atomic mass is 10.0. The van der Waals surface area contributed by atoms with E-state index >= 15 is 0 Å². The molecular formula is C28H26ClN5O5S3. The van der Waals surface area contributed by atoms with Crippen LogP contribution in [0.25, 0.3) is 0 Å². The number of ketones is 1. The number of rotatable bonds is 13. The minimum atomic E-state index is -0.667. The predicted octanol–water partition coefficient (Wildman–Crippen LogP) is 3.90. The number of oxime groups is 1. The smallest absolute Gasteiger partial charge is 0.356 e. The van der Waals surface area contributed by atoms with Crippen LogP contribution in [0.4, 0.5) is 0 Å². The maximum Gasteiger partial charge on any atom is 0.356 e. The number of carbonyl (C=O) groups excluding carboxylic acids is 3. The fraction of sp³-hybridized carbons (Fsp3) is 0.286. The quantitative estimate of drug-likeness (QED) is 0.0733. The van der Waals surface area contributed by atoms with Crippen molar-refractivity contribution in [1.82, 2.24) is 19.8 Å². The van der Waals surface area contributed by atoms with E-state index in [9.17, 15) is 14.4 Å². The van der Waals surface area contributed by atoms with Gasteiger partial charge in [0.2, 0.25) is 5.91 Å². The van der Waals surface area contributed by atoms with Crippen LogP contribution in [-0.4, -0.2) is 80.3 Å². The van der Waals surface area contributed by atoms with Gasteiger partial charge in [0.05, 0.1) is 12.1 Å². The van der Waals surface area contributed by atoms with E-state index in [4.69, 9.17) is 21.2 Å². The van der Waals surface area contributed by atoms with E-state index in [1.807, 2.05) is 60.7 Å². The fourth-order valence-electron chi connectivity index (χ4n) is 4.54. The number of aromatic nitrogens is 2. The summed E-state index contributed by atoms with van der Waals surface area (Å²) in [5, 5.41) is 10.3. The maximum atomic E-state index is 14.0. The Morgan fingerprint density at radius 2 is 1.86 bits per heavy atom. The molecule has 1 aromatic heterocycles. The van der Waals surface area contributed by atoms with Gasteiger partial charge in [-0.3, -0.25) is 19.8 Å². The van der Waals surface area contributed by atoms with Gasteiger partial charge in [-0.05, 0) is 28.2 Å². The second kappa shape index (κ2) is 14.3. The first kappa shape index (κ1) is 30.2. The van der Waals surface area contributed by atoms with Gasteiger partial charge in [-0.1, -0.05) is 70.3 Å². The SMILES string of the molecule is CO/N=C(/CN[C@@H]1C(=O)N2C(C(=O)OC(c3ccccc3)c3ccccc3)=C(CSc3cnns3)CS[C@H]12)C(=O)CCl. The summed E-state index contributed by atoms with van der Waals surface area (Å²) in [4.78, 5) is 45.9. The zero-order valence-electron chi connectivity index (χ0n) is 22.3. The van der Waals surface area contributed by atoms with Crippen molar-refractivity contribution >= 4 is 70.0 Å². The number of nitrogens with one attached hydrogen (secondary N) is 1. The predicted molar refractivity (Wildman–Crippen MR) is 164 cm³/mol. The fourth-order valence-corrected chi connectivity index (χ4v) is 7.63. The van der Waals surface area contributed by atoms with Gasteiger partial charge in [-0.2, -0.15) is 0 Å². The van der Waals surface area contributed by atoms with Crippen LogP contribution in [0.1, 0.15) is 17.2 Å². The molecule has 1 fully saturated rings. The summed E-state index contributed by atoms with van der Waals surface area (Å²) in [6, 6.07) is 18.3. The summed E-state index contributed by atoms with van der Waals surface area (Å²) in [6.45, 7) is -0.00459. The van der Waals surface area contributed by atoms with E-state index < -0.39 is 23.9 Å². The topological polar surface area (TPSA) is 123 Å². The van der Waals surface area contributed by atoms with Crippen LogP contribution in [0.15, 0.2) is 87.5 Å². The number of β-lactam (4-membered cyclic amide) rings is 1. The summed E-state index contributed by atoms with van der Waals surface area (Å²) >= 11 is 10.00. The number of alkyl halides is 1. The Bertz CT molecular complexity index is 1430. The summed E-state index contributed by atoms with van der Waals surface area (Å²) in [6.07, 6.45) is 1.00. The van der Waals surface area contributed by atoms with Gasteiger partial charge in [0.1, 0.15) is 34.1 Å². The van der Waals surface area contributed by atoms with Crippen molar-refractivity contribution in [2.75, 3.05) is 31.0 Å². The number of esters is 1. The molecule has 0 unspecified atom stereocenters. The summed E-state index contributed by atoms with van der Waals surface area (Å²) in [5.74, 6) is -0.566. The molecule has 2 atom stereocenters. The van der Waals surface area contributed by atoms with E-state index in [-0.39, 0.29) is 35.1 Å². The summed E-state index contributed by atoms with van der Waals surface area (Å²) < 4.78 is 11.0. The van der Waals surface area contributed by atoms with Gasteiger partial charge in [0.15, 0.2) is 11.9 Å². The van der Waals surface area contributed by atoms with Crippen LogP contribution in [0, 0.1) is 0 Å². The molecule has 0 aliphatic carbocycles. The Balaban J connectivity index is 1.41. The number of thioether (sulfide) groups is 2. The Kier molecular flexibility index (Phi) is 10.3. The van der Waals surface area contributed by atoms with Crippen LogP contribution in [-0.2, 0) is 24.0 Å². The van der Waals surface area contributed by atoms with Crippen molar-refractivity contribution in [3.05, 3.63) is 89.3 Å². The Morgan fingerprint density at radius 1 is 1.17 bits per heavy atom. The molecule has 2 aromatic carbocycles. The second-order valence-corrected chi connectivity index (χ2v) is 12.6. The third-order valence-electron chi connectivity index (χ3n) is 6.53. The first-order valence-corrected chi connectivity index (χ1v) is 16.2. The molecular weight excluding hydrogens is 618 g/mol. The first-order chi connectivity index (χ1) is 20.5. The van der Waals surface area contributed by atoms with Gasteiger partial charge < -0.3 is 9.57 Å². The molecule has 42 heavy (non-hydrogen) atoms. The Morgan fingerprint density at radius 3 is 2.45 bits per heavy atom. The van der Waals surface area contributed by atoms with Crippen molar-refractivity contribution in [3.8, 4) is 0 Å². The van der Waals surface area contributed by atoms with Crippen molar-refractivity contribution in [2.45, 2.75) is 21.7 Å². The number of nitrogens with zero attached hydrogens (tertiary/aromatic N) is 4. The van der Waals surface area contributed by atoms with Crippen LogP contribution in [0.2, 0.25) is 0 Å². The molecule has 1 amide bonds. The van der Waals surface area contributed by atoms with Gasteiger partial charge >= 0.3 is 5.97 Å². The van der Waals surface area contributed by atoms with E-state index in [1.165, 1.54) is 47.1 Å². The van der Waals surface area contributed by atoms with E-state index in [2.05, 4.69) is 20.1 Å². The molecule has 0 bridgehead atoms. The van der Waals surface area contributed by atoms with Crippen molar-refractivity contribution in [1.29, 1.82) is 0 Å². The molecule has 1 saturated heterocycles. The number of fused-ring (bicyclic) bond motifs is 1. The molecule has 218 valence electrons. The van der Waals surface area contributed by atoms with Gasteiger partial charge in [-0.25, -0.2) is 4.79 Å². The minimum absolute atomic E-state index is 0.00459. The van der Waals surface area contributed by atoms with Gasteiger partial charge in [0, 0.05) is 18.1 Å². The van der Waals surface area contributed by atoms with Crippen LogP contribution in [0.5, 0.6) is 0 Å². The van der Waals surface area contributed by atoms with Crippen molar-refractivity contribution < 1.29 is 24.0 Å². The molecule has 0 saturated carbocycles. The molecule has 5 rings (SSSR count). The monoisotopic (exact) mass is 643 g/mol. The Labute approximate surface area is 260 Å². The number of amides is 1. The molecule has 1 N–H and O–H groups in total. The number of Topliss-reactive ketones (excluding diaryl/α,β-unsaturated/α-hetero) is 1. The standard InChI is InChI=1S/C28H26ClN5O5S3/c1-38-32-20(21(35)12-29)13-30-23-26(36)34-24(19(16-41-27(23)34)15-40-22-14-31-33-42-22)28(37)39-25(17-8-4-2-5-9-17)18-10-6-3-7-11-18/h2-11,14,23,25,27,30H,12-13,15-16H2,1H3/b32-20-/t23-,27-/m1/s1. The number of hydrogen-bond acceptors (Lipinski definition) is 12. The molecule has 2 aliphatic heterocycles. The molecule has 3 heterocycles. The molecule has 2 aliphatic rings. The number of benzene rings is 2. The summed E-state index contributed by atoms with van der Waals surface area (Å²) in [7, 11) is 1.33. The summed E-state index contributed by atoms with van der Waals surface area (Å²) in [5.41, 5.74) is 2.74. The lowest BCUT2D eigenvalue weighted by Crippen LogP contribution is -2.70. The molecule has 3 aromatic rings. The Hall–Kier alpha value is -3.23. The molecule has 0 spiro atoms. The first-order valence-electron chi connectivity index (χ1n) is 12.8.